The van der Waals surface area contributed by atoms with E-state index in [4.69, 9.17) is 4.74 Å². The van der Waals surface area contributed by atoms with Gasteiger partial charge in [-0.15, -0.1) is 0 Å². The van der Waals surface area contributed by atoms with Gasteiger partial charge in [0, 0.05) is 25.4 Å². The van der Waals surface area contributed by atoms with Gasteiger partial charge in [0.2, 0.25) is 5.91 Å². The summed E-state index contributed by atoms with van der Waals surface area (Å²) in [6, 6.07) is 7.56. The largest absolute Gasteiger partial charge is 0.497 e. The van der Waals surface area contributed by atoms with E-state index in [2.05, 4.69) is 10.3 Å². The van der Waals surface area contributed by atoms with Gasteiger partial charge >= 0.3 is 0 Å². The van der Waals surface area contributed by atoms with E-state index < -0.39 is 0 Å². The lowest BCUT2D eigenvalue weighted by atomic mass is 9.88. The highest BCUT2D eigenvalue weighted by Gasteiger charge is 2.26. The van der Waals surface area contributed by atoms with E-state index in [1.54, 1.807) is 13.3 Å². The van der Waals surface area contributed by atoms with Gasteiger partial charge in [-0.05, 0) is 30.5 Å². The molecule has 1 heterocycles. The summed E-state index contributed by atoms with van der Waals surface area (Å²) >= 11 is 0. The first-order valence-electron chi connectivity index (χ1n) is 8.60. The average Bonchev–Trinajstić information content (AvgIpc) is 3.06. The van der Waals surface area contributed by atoms with Gasteiger partial charge in [-0.1, -0.05) is 31.4 Å². The number of imidazole rings is 1. The SMILES string of the molecule is COc1ccc([C@H](NC(=O)C2CCCCC2)c2nccn2C)cc1. The molecule has 1 saturated carbocycles. The molecule has 128 valence electrons. The third-order valence-corrected chi connectivity index (χ3v) is 4.83. The lowest BCUT2D eigenvalue weighted by Gasteiger charge is -2.25. The minimum Gasteiger partial charge on any atom is -0.497 e. The van der Waals surface area contributed by atoms with Gasteiger partial charge in [0.25, 0.3) is 0 Å². The summed E-state index contributed by atoms with van der Waals surface area (Å²) in [5.41, 5.74) is 1.01. The molecule has 1 aromatic carbocycles. The number of benzene rings is 1. The molecular formula is C19H25N3O2. The summed E-state index contributed by atoms with van der Waals surface area (Å²) < 4.78 is 7.19. The maximum Gasteiger partial charge on any atom is 0.223 e. The van der Waals surface area contributed by atoms with Crippen molar-refractivity contribution in [1.29, 1.82) is 0 Å². The normalized spacial score (nSPS) is 16.6. The topological polar surface area (TPSA) is 56.1 Å². The molecule has 0 spiro atoms. The maximum atomic E-state index is 12.7. The third kappa shape index (κ3) is 3.61. The van der Waals surface area contributed by atoms with Crippen LogP contribution < -0.4 is 10.1 Å². The second kappa shape index (κ2) is 7.51. The van der Waals surface area contributed by atoms with E-state index in [1.807, 2.05) is 42.1 Å². The lowest BCUT2D eigenvalue weighted by molar-refractivity contribution is -0.126. The molecule has 5 heteroatoms. The molecule has 1 aliphatic rings. The zero-order valence-electron chi connectivity index (χ0n) is 14.4. The van der Waals surface area contributed by atoms with Crippen LogP contribution in [0.25, 0.3) is 0 Å². The van der Waals surface area contributed by atoms with E-state index in [0.29, 0.717) is 0 Å². The van der Waals surface area contributed by atoms with Crippen LogP contribution in [0.3, 0.4) is 0 Å². The van der Waals surface area contributed by atoms with Gasteiger partial charge in [-0.2, -0.15) is 0 Å². The predicted octanol–water partition coefficient (Wildman–Crippen LogP) is 3.21. The van der Waals surface area contributed by atoms with Crippen molar-refractivity contribution in [1.82, 2.24) is 14.9 Å². The number of aromatic nitrogens is 2. The standard InChI is InChI=1S/C19H25N3O2/c1-22-13-12-20-18(22)17(14-8-10-16(24-2)11-9-14)21-19(23)15-6-4-3-5-7-15/h8-13,15,17H,3-7H2,1-2H3,(H,21,23)/t17-/m0/s1. The number of aryl methyl sites for hydroxylation is 1. The van der Waals surface area contributed by atoms with Crippen molar-refractivity contribution >= 4 is 5.91 Å². The van der Waals surface area contributed by atoms with Gasteiger partial charge < -0.3 is 14.6 Å². The molecule has 3 rings (SSSR count). The van der Waals surface area contributed by atoms with Crippen LogP contribution >= 0.6 is 0 Å². The fourth-order valence-electron chi connectivity index (χ4n) is 3.37. The Morgan fingerprint density at radius 3 is 2.54 bits per heavy atom. The molecule has 1 aromatic heterocycles. The highest BCUT2D eigenvalue weighted by atomic mass is 16.5. The van der Waals surface area contributed by atoms with E-state index in [9.17, 15) is 4.79 Å². The molecule has 0 aliphatic heterocycles. The van der Waals surface area contributed by atoms with Crippen LogP contribution in [-0.2, 0) is 11.8 Å². The minimum absolute atomic E-state index is 0.125. The first-order chi connectivity index (χ1) is 11.7. The fourth-order valence-corrected chi connectivity index (χ4v) is 3.37. The van der Waals surface area contributed by atoms with Crippen molar-refractivity contribution < 1.29 is 9.53 Å². The van der Waals surface area contributed by atoms with Crippen molar-refractivity contribution in [3.05, 3.63) is 48.0 Å². The quantitative estimate of drug-likeness (QED) is 0.917. The first-order valence-corrected chi connectivity index (χ1v) is 8.60. The highest BCUT2D eigenvalue weighted by molar-refractivity contribution is 5.79. The van der Waals surface area contributed by atoms with E-state index >= 15 is 0 Å². The number of nitrogens with zero attached hydrogens (tertiary/aromatic N) is 2. The molecule has 0 saturated heterocycles. The monoisotopic (exact) mass is 327 g/mol. The van der Waals surface area contributed by atoms with Crippen LogP contribution in [0.4, 0.5) is 0 Å². The number of rotatable bonds is 5. The molecule has 0 bridgehead atoms. The van der Waals surface area contributed by atoms with Gasteiger partial charge in [0.15, 0.2) is 0 Å². The molecule has 1 N–H and O–H groups in total. The first kappa shape index (κ1) is 16.6. The number of carbonyl (C=O) groups excluding carboxylic acids is 1. The zero-order chi connectivity index (χ0) is 16.9. The minimum atomic E-state index is -0.245. The molecule has 0 unspecified atom stereocenters. The van der Waals surface area contributed by atoms with Crippen LogP contribution in [0.15, 0.2) is 36.7 Å². The second-order valence-corrected chi connectivity index (χ2v) is 6.45. The van der Waals surface area contributed by atoms with Crippen LogP contribution in [0, 0.1) is 5.92 Å². The summed E-state index contributed by atoms with van der Waals surface area (Å²) in [6.45, 7) is 0. The second-order valence-electron chi connectivity index (χ2n) is 6.45. The molecule has 0 radical (unpaired) electrons. The van der Waals surface area contributed by atoms with Gasteiger partial charge in [0.05, 0.1) is 7.11 Å². The van der Waals surface area contributed by atoms with E-state index in [-0.39, 0.29) is 17.9 Å². The molecule has 2 aromatic rings. The van der Waals surface area contributed by atoms with Crippen LogP contribution in [0.1, 0.15) is 49.5 Å². The molecule has 1 fully saturated rings. The number of ether oxygens (including phenoxy) is 1. The Kier molecular flexibility index (Phi) is 5.18. The summed E-state index contributed by atoms with van der Waals surface area (Å²) in [5.74, 6) is 1.90. The summed E-state index contributed by atoms with van der Waals surface area (Å²) in [4.78, 5) is 17.2. The van der Waals surface area contributed by atoms with Crippen molar-refractivity contribution in [2.75, 3.05) is 7.11 Å². The van der Waals surface area contributed by atoms with Crippen LogP contribution in [0.5, 0.6) is 5.75 Å². The van der Waals surface area contributed by atoms with Crippen molar-refractivity contribution in [2.45, 2.75) is 38.1 Å². The third-order valence-electron chi connectivity index (χ3n) is 4.83. The van der Waals surface area contributed by atoms with Crippen LogP contribution in [0.2, 0.25) is 0 Å². The molecule has 5 nitrogen and oxygen atoms in total. The Morgan fingerprint density at radius 2 is 1.96 bits per heavy atom. The number of amides is 1. The molecule has 1 atom stereocenters. The van der Waals surface area contributed by atoms with Crippen LogP contribution in [-0.4, -0.2) is 22.6 Å². The number of nitrogens with one attached hydrogen (secondary N) is 1. The predicted molar refractivity (Wildman–Crippen MR) is 92.8 cm³/mol. The molecular weight excluding hydrogens is 302 g/mol. The number of hydrogen-bond donors (Lipinski definition) is 1. The van der Waals surface area contributed by atoms with Gasteiger partial charge in [0.1, 0.15) is 17.6 Å². The summed E-state index contributed by atoms with van der Waals surface area (Å²) in [5, 5.41) is 3.22. The molecule has 1 amide bonds. The van der Waals surface area contributed by atoms with E-state index in [0.717, 1.165) is 42.8 Å². The average molecular weight is 327 g/mol. The Labute approximate surface area is 143 Å². The molecule has 24 heavy (non-hydrogen) atoms. The van der Waals surface area contributed by atoms with Crippen molar-refractivity contribution in [3.63, 3.8) is 0 Å². The Morgan fingerprint density at radius 1 is 1.25 bits per heavy atom. The highest BCUT2D eigenvalue weighted by Crippen LogP contribution is 2.27. The number of carbonyl (C=O) groups is 1. The maximum absolute atomic E-state index is 12.7. The molecule has 1 aliphatic carbocycles. The smallest absolute Gasteiger partial charge is 0.223 e. The van der Waals surface area contributed by atoms with E-state index in [1.165, 1.54) is 6.42 Å². The number of methoxy groups -OCH3 is 1. The Balaban J connectivity index is 1.84. The lowest BCUT2D eigenvalue weighted by Crippen LogP contribution is -2.36. The fraction of sp³-hybridized carbons (Fsp3) is 0.474. The summed E-state index contributed by atoms with van der Waals surface area (Å²) in [6.07, 6.45) is 9.17. The Bertz CT molecular complexity index is 672. The number of hydrogen-bond acceptors (Lipinski definition) is 3. The zero-order valence-corrected chi connectivity index (χ0v) is 14.4. The summed E-state index contributed by atoms with van der Waals surface area (Å²) in [7, 11) is 3.60. The Hall–Kier alpha value is -2.30. The van der Waals surface area contributed by atoms with Crippen molar-refractivity contribution in [2.24, 2.45) is 13.0 Å². The van der Waals surface area contributed by atoms with Crippen molar-refractivity contribution in [3.8, 4) is 5.75 Å². The van der Waals surface area contributed by atoms with Gasteiger partial charge in [-0.25, -0.2) is 4.98 Å². The van der Waals surface area contributed by atoms with Gasteiger partial charge in [-0.3, -0.25) is 4.79 Å².